The van der Waals surface area contributed by atoms with Crippen LogP contribution >= 0.6 is 0 Å². The van der Waals surface area contributed by atoms with Gasteiger partial charge in [-0.05, 0) is 43.6 Å². The minimum absolute atomic E-state index is 0.388. The van der Waals surface area contributed by atoms with E-state index in [1.807, 2.05) is 0 Å². The van der Waals surface area contributed by atoms with Crippen molar-refractivity contribution in [1.82, 2.24) is 10.2 Å². The summed E-state index contributed by atoms with van der Waals surface area (Å²) in [5.74, 6) is 1.68. The average molecular weight is 329 g/mol. The molecule has 4 nitrogen and oxygen atoms in total. The zero-order chi connectivity index (χ0) is 16.8. The summed E-state index contributed by atoms with van der Waals surface area (Å²) in [6, 6.07) is 10.8. The Morgan fingerprint density at radius 2 is 2.12 bits per heavy atom. The van der Waals surface area contributed by atoms with Gasteiger partial charge in [0.2, 0.25) is 0 Å². The number of aliphatic imine (C=N–C) groups is 1. The summed E-state index contributed by atoms with van der Waals surface area (Å²) in [4.78, 5) is 7.26. The molecular formula is C20H31N3O. The Morgan fingerprint density at radius 1 is 1.33 bits per heavy atom. The van der Waals surface area contributed by atoms with Gasteiger partial charge >= 0.3 is 0 Å². The maximum absolute atomic E-state index is 5.50. The van der Waals surface area contributed by atoms with Gasteiger partial charge in [0.25, 0.3) is 0 Å². The molecule has 132 valence electrons. The minimum Gasteiger partial charge on any atom is -0.381 e. The molecule has 1 N–H and O–H groups in total. The van der Waals surface area contributed by atoms with Crippen LogP contribution in [0, 0.1) is 11.3 Å². The van der Waals surface area contributed by atoms with Crippen molar-refractivity contribution in [2.45, 2.75) is 32.6 Å². The molecule has 0 radical (unpaired) electrons. The number of ether oxygens (including phenoxy) is 1. The Labute approximate surface area is 146 Å². The van der Waals surface area contributed by atoms with E-state index in [0.717, 1.165) is 45.2 Å². The van der Waals surface area contributed by atoms with Crippen LogP contribution in [-0.4, -0.2) is 50.8 Å². The van der Waals surface area contributed by atoms with Gasteiger partial charge in [-0.1, -0.05) is 30.3 Å². The van der Waals surface area contributed by atoms with E-state index in [2.05, 4.69) is 54.5 Å². The molecule has 1 aliphatic carbocycles. The van der Waals surface area contributed by atoms with Crippen LogP contribution in [0.4, 0.5) is 0 Å². The quantitative estimate of drug-likeness (QED) is 0.617. The predicted octanol–water partition coefficient (Wildman–Crippen LogP) is 2.94. The summed E-state index contributed by atoms with van der Waals surface area (Å²) in [6.07, 6.45) is 4.91. The summed E-state index contributed by atoms with van der Waals surface area (Å²) in [7, 11) is 2.15. The molecule has 0 spiro atoms. The van der Waals surface area contributed by atoms with Gasteiger partial charge in [0.1, 0.15) is 0 Å². The molecule has 1 atom stereocenters. The van der Waals surface area contributed by atoms with Crippen molar-refractivity contribution < 1.29 is 4.74 Å². The normalized spacial score (nSPS) is 22.4. The molecule has 0 aromatic heterocycles. The summed E-state index contributed by atoms with van der Waals surface area (Å²) < 4.78 is 5.50. The Bertz CT molecular complexity index is 533. The Kier molecular flexibility index (Phi) is 5.77. The summed E-state index contributed by atoms with van der Waals surface area (Å²) in [6.45, 7) is 6.80. The minimum atomic E-state index is 0.388. The van der Waals surface area contributed by atoms with Crippen molar-refractivity contribution >= 4 is 5.96 Å². The fraction of sp³-hybridized carbons (Fsp3) is 0.650. The van der Waals surface area contributed by atoms with E-state index in [1.54, 1.807) is 0 Å². The number of nitrogens with one attached hydrogen (secondary N) is 1. The molecule has 0 amide bonds. The maximum Gasteiger partial charge on any atom is 0.193 e. The summed E-state index contributed by atoms with van der Waals surface area (Å²) >= 11 is 0. The van der Waals surface area contributed by atoms with Crippen LogP contribution in [0.2, 0.25) is 0 Å². The smallest absolute Gasteiger partial charge is 0.193 e. The first-order valence-electron chi connectivity index (χ1n) is 9.32. The predicted molar refractivity (Wildman–Crippen MR) is 99.3 cm³/mol. The van der Waals surface area contributed by atoms with Gasteiger partial charge in [0, 0.05) is 39.2 Å². The first kappa shape index (κ1) is 17.3. The lowest BCUT2D eigenvalue weighted by molar-refractivity contribution is 0.181. The van der Waals surface area contributed by atoms with E-state index in [0.29, 0.717) is 11.3 Å². The number of benzene rings is 1. The van der Waals surface area contributed by atoms with E-state index in [4.69, 9.17) is 9.73 Å². The largest absolute Gasteiger partial charge is 0.381 e. The molecule has 24 heavy (non-hydrogen) atoms. The van der Waals surface area contributed by atoms with Crippen LogP contribution in [0.15, 0.2) is 35.3 Å². The highest BCUT2D eigenvalue weighted by Gasteiger charge is 2.42. The number of guanidine groups is 1. The SMILES string of the molecule is CCNC(=NCC1(Cc2ccccc2)CC1)N(C)CC1CCOC1. The first-order valence-corrected chi connectivity index (χ1v) is 9.32. The molecule has 1 saturated heterocycles. The van der Waals surface area contributed by atoms with Crippen LogP contribution < -0.4 is 5.32 Å². The van der Waals surface area contributed by atoms with Crippen molar-refractivity contribution in [1.29, 1.82) is 0 Å². The van der Waals surface area contributed by atoms with Gasteiger partial charge in [0.05, 0.1) is 6.61 Å². The molecule has 0 bridgehead atoms. The molecular weight excluding hydrogens is 298 g/mol. The molecule has 1 unspecified atom stereocenters. The first-order chi connectivity index (χ1) is 11.7. The van der Waals surface area contributed by atoms with Crippen molar-refractivity contribution in [3.63, 3.8) is 0 Å². The number of rotatable bonds is 7. The Hall–Kier alpha value is -1.55. The third kappa shape index (κ3) is 4.73. The maximum atomic E-state index is 5.50. The molecule has 3 rings (SSSR count). The highest BCUT2D eigenvalue weighted by molar-refractivity contribution is 5.79. The Balaban J connectivity index is 1.58. The van der Waals surface area contributed by atoms with Gasteiger partial charge in [-0.2, -0.15) is 0 Å². The summed E-state index contributed by atoms with van der Waals surface area (Å²) in [5, 5.41) is 3.46. The zero-order valence-electron chi connectivity index (χ0n) is 15.1. The van der Waals surface area contributed by atoms with E-state index in [9.17, 15) is 0 Å². The molecule has 1 saturated carbocycles. The second-order valence-electron chi connectivity index (χ2n) is 7.44. The average Bonchev–Trinajstić information content (AvgIpc) is 3.15. The van der Waals surface area contributed by atoms with Crippen LogP contribution in [0.5, 0.6) is 0 Å². The van der Waals surface area contributed by atoms with Gasteiger partial charge in [-0.3, -0.25) is 4.99 Å². The topological polar surface area (TPSA) is 36.9 Å². The molecule has 2 aliphatic rings. The highest BCUT2D eigenvalue weighted by Crippen LogP contribution is 2.48. The molecule has 1 aromatic carbocycles. The molecule has 1 heterocycles. The van der Waals surface area contributed by atoms with E-state index in [1.165, 1.54) is 24.8 Å². The van der Waals surface area contributed by atoms with Crippen LogP contribution in [0.25, 0.3) is 0 Å². The van der Waals surface area contributed by atoms with E-state index >= 15 is 0 Å². The second-order valence-corrected chi connectivity index (χ2v) is 7.44. The van der Waals surface area contributed by atoms with Gasteiger partial charge in [-0.15, -0.1) is 0 Å². The number of nitrogens with zero attached hydrogens (tertiary/aromatic N) is 2. The third-order valence-corrected chi connectivity index (χ3v) is 5.20. The van der Waals surface area contributed by atoms with Gasteiger partial charge in [0.15, 0.2) is 5.96 Å². The monoisotopic (exact) mass is 329 g/mol. The van der Waals surface area contributed by atoms with Crippen LogP contribution in [-0.2, 0) is 11.2 Å². The van der Waals surface area contributed by atoms with E-state index < -0.39 is 0 Å². The van der Waals surface area contributed by atoms with Crippen LogP contribution in [0.1, 0.15) is 31.7 Å². The molecule has 2 fully saturated rings. The van der Waals surface area contributed by atoms with Crippen LogP contribution in [0.3, 0.4) is 0 Å². The lowest BCUT2D eigenvalue weighted by Crippen LogP contribution is -2.41. The van der Waals surface area contributed by atoms with E-state index in [-0.39, 0.29) is 0 Å². The number of hydrogen-bond acceptors (Lipinski definition) is 2. The Morgan fingerprint density at radius 3 is 2.75 bits per heavy atom. The fourth-order valence-electron chi connectivity index (χ4n) is 3.51. The molecule has 1 aromatic rings. The van der Waals surface area contributed by atoms with Crippen molar-refractivity contribution in [3.05, 3.63) is 35.9 Å². The van der Waals surface area contributed by atoms with Crippen molar-refractivity contribution in [3.8, 4) is 0 Å². The zero-order valence-corrected chi connectivity index (χ0v) is 15.1. The van der Waals surface area contributed by atoms with Crippen molar-refractivity contribution in [2.24, 2.45) is 16.3 Å². The molecule has 4 heteroatoms. The van der Waals surface area contributed by atoms with Crippen molar-refractivity contribution in [2.75, 3.05) is 39.9 Å². The lowest BCUT2D eigenvalue weighted by atomic mass is 9.97. The highest BCUT2D eigenvalue weighted by atomic mass is 16.5. The third-order valence-electron chi connectivity index (χ3n) is 5.20. The fourth-order valence-corrected chi connectivity index (χ4v) is 3.51. The molecule has 1 aliphatic heterocycles. The lowest BCUT2D eigenvalue weighted by Gasteiger charge is -2.25. The number of hydrogen-bond donors (Lipinski definition) is 1. The van der Waals surface area contributed by atoms with Gasteiger partial charge in [-0.25, -0.2) is 0 Å². The second kappa shape index (κ2) is 8.02. The standard InChI is InChI=1S/C20H31N3O/c1-3-21-19(23(2)14-18-9-12-24-15-18)22-16-20(10-11-20)13-17-7-5-4-6-8-17/h4-8,18H,3,9-16H2,1-2H3,(H,21,22). The van der Waals surface area contributed by atoms with Gasteiger partial charge < -0.3 is 15.0 Å². The summed E-state index contributed by atoms with van der Waals surface area (Å²) in [5.41, 5.74) is 1.82.